The molecule has 622 valence electrons. The van der Waals surface area contributed by atoms with Gasteiger partial charge >= 0.3 is 0 Å². The van der Waals surface area contributed by atoms with Gasteiger partial charge in [0, 0.05) is 82.7 Å². The molecular weight excluding hydrogens is 1450 g/mol. The number of hydrogen-bond donors (Lipinski definition) is 3. The fraction of sp³-hybridized carbons (Fsp3) is 0.730. The molecule has 2 fully saturated rings. The first kappa shape index (κ1) is 94.1. The van der Waals surface area contributed by atoms with Crippen LogP contribution >= 0.6 is 0 Å². The first-order chi connectivity index (χ1) is 53.9. The summed E-state index contributed by atoms with van der Waals surface area (Å²) in [6.07, 6.45) is 4.41. The van der Waals surface area contributed by atoms with E-state index in [0.29, 0.717) is 288 Å². The summed E-state index contributed by atoms with van der Waals surface area (Å²) in [6, 6.07) is 10.6. The van der Waals surface area contributed by atoms with Crippen molar-refractivity contribution in [2.75, 3.05) is 316 Å². The molecule has 0 radical (unpaired) electrons. The first-order valence-corrected chi connectivity index (χ1v) is 37.6. The largest absolute Gasteiger partial charge is 0.379 e. The monoisotopic (exact) mass is 1570 g/mol. The van der Waals surface area contributed by atoms with Crippen molar-refractivity contribution in [3.8, 4) is 6.07 Å². The van der Waals surface area contributed by atoms with Crippen LogP contribution in [0.4, 0.5) is 14.5 Å². The molecule has 1 aromatic carbocycles. The van der Waals surface area contributed by atoms with Crippen LogP contribution in [0.15, 0.2) is 55.0 Å². The fourth-order valence-electron chi connectivity index (χ4n) is 10.6. The minimum atomic E-state index is -3.16. The van der Waals surface area contributed by atoms with Gasteiger partial charge in [0.15, 0.2) is 0 Å². The van der Waals surface area contributed by atoms with Gasteiger partial charge in [-0.1, -0.05) is 6.07 Å². The van der Waals surface area contributed by atoms with Gasteiger partial charge in [-0.05, 0) is 35.9 Å². The Labute approximate surface area is 643 Å². The van der Waals surface area contributed by atoms with E-state index in [-0.39, 0.29) is 48.8 Å². The van der Waals surface area contributed by atoms with Crippen LogP contribution < -0.4 is 20.9 Å². The third-order valence-electron chi connectivity index (χ3n) is 16.4. The lowest BCUT2D eigenvalue weighted by Gasteiger charge is -2.24. The van der Waals surface area contributed by atoms with Gasteiger partial charge in [0.1, 0.15) is 6.04 Å². The zero-order chi connectivity index (χ0) is 78.4. The number of halogens is 2. The number of benzene rings is 1. The Morgan fingerprint density at radius 3 is 1.32 bits per heavy atom. The van der Waals surface area contributed by atoms with Crippen molar-refractivity contribution in [2.45, 2.75) is 37.3 Å². The Balaban J connectivity index is 0.629. The van der Waals surface area contributed by atoms with E-state index < -0.39 is 49.2 Å². The summed E-state index contributed by atoms with van der Waals surface area (Å²) >= 11 is 0. The SMILES string of the molecule is CN(CCNC(=O)CCOCCOCCOCCOCCOCCOCCOCCOCCOCCOCCOCCOCCOCCOCCOCCOCCOCCOCCOCCOCCNC(=O)[C@H]1CC(=O)N(C)[C@@H]1c1cccnc1)c1ccc2nccc(C(=O)NCC(=O)N3CC(F)(F)C[C@H]3C#N)c2c1. The summed E-state index contributed by atoms with van der Waals surface area (Å²) in [5, 5.41) is 18.0. The van der Waals surface area contributed by atoms with Crippen LogP contribution in [0.3, 0.4) is 0 Å². The zero-order valence-electron chi connectivity index (χ0n) is 64.0. The second-order valence-corrected chi connectivity index (χ2v) is 24.6. The Hall–Kier alpha value is -6.52. The number of nitriles is 1. The van der Waals surface area contributed by atoms with Crippen molar-refractivity contribution in [2.24, 2.45) is 5.92 Å². The average Bonchev–Trinajstić information content (AvgIpc) is 1.34. The number of nitrogens with zero attached hydrogens (tertiary/aromatic N) is 6. The van der Waals surface area contributed by atoms with Gasteiger partial charge in [0.2, 0.25) is 23.6 Å². The lowest BCUT2D eigenvalue weighted by Crippen LogP contribution is -2.43. The molecule has 3 N–H and O–H groups in total. The molecule has 2 aromatic heterocycles. The van der Waals surface area contributed by atoms with Crippen molar-refractivity contribution in [3.63, 3.8) is 0 Å². The molecule has 3 aromatic rings. The number of alkyl halides is 2. The van der Waals surface area contributed by atoms with E-state index in [9.17, 15) is 38.0 Å². The van der Waals surface area contributed by atoms with Gasteiger partial charge in [0.25, 0.3) is 11.8 Å². The molecule has 5 amide bonds. The van der Waals surface area contributed by atoms with E-state index in [1.165, 1.54) is 12.3 Å². The molecule has 0 aliphatic carbocycles. The number of ether oxygens (including phenoxy) is 20. The van der Waals surface area contributed by atoms with E-state index in [1.807, 2.05) is 24.1 Å². The molecule has 0 spiro atoms. The van der Waals surface area contributed by atoms with Crippen LogP contribution in [0.1, 0.15) is 41.2 Å². The van der Waals surface area contributed by atoms with Crippen molar-refractivity contribution in [1.29, 1.82) is 5.26 Å². The van der Waals surface area contributed by atoms with Crippen molar-refractivity contribution < 1.29 is 127 Å². The molecule has 110 heavy (non-hydrogen) atoms. The molecule has 4 heterocycles. The zero-order valence-corrected chi connectivity index (χ0v) is 64.0. The second-order valence-electron chi connectivity index (χ2n) is 24.6. The number of carbonyl (C=O) groups excluding carboxylic acids is 5. The number of anilines is 1. The summed E-state index contributed by atoms with van der Waals surface area (Å²) in [7, 11) is 3.54. The van der Waals surface area contributed by atoms with Crippen molar-refractivity contribution in [3.05, 3.63) is 66.1 Å². The predicted octanol–water partition coefficient (Wildman–Crippen LogP) is 1.73. The number of pyridine rings is 2. The molecule has 2 saturated heterocycles. The van der Waals surface area contributed by atoms with Gasteiger partial charge in [-0.15, -0.1) is 0 Å². The van der Waals surface area contributed by atoms with Crippen molar-refractivity contribution in [1.82, 2.24) is 35.7 Å². The van der Waals surface area contributed by atoms with Gasteiger partial charge in [0.05, 0.1) is 306 Å². The molecule has 2 aliphatic rings. The number of likely N-dealkylation sites (N-methyl/N-ethyl adjacent to an activating group) is 1. The number of likely N-dealkylation sites (tertiary alicyclic amines) is 2. The minimum Gasteiger partial charge on any atom is -0.379 e. The molecule has 34 nitrogen and oxygen atoms in total. The maximum absolute atomic E-state index is 13.8. The molecule has 0 unspecified atom stereocenters. The Morgan fingerprint density at radius 2 is 0.927 bits per heavy atom. The summed E-state index contributed by atoms with van der Waals surface area (Å²) < 4.78 is 138. The highest BCUT2D eigenvalue weighted by Crippen LogP contribution is 2.37. The summed E-state index contributed by atoms with van der Waals surface area (Å²) in [4.78, 5) is 76.1. The number of rotatable bonds is 72. The average molecular weight is 1570 g/mol. The van der Waals surface area contributed by atoms with Crippen LogP contribution in [0, 0.1) is 17.2 Å². The minimum absolute atomic E-state index is 0.0669. The number of aromatic nitrogens is 2. The van der Waals surface area contributed by atoms with E-state index in [2.05, 4.69) is 25.9 Å². The summed E-state index contributed by atoms with van der Waals surface area (Å²) in [5.41, 5.74) is 2.34. The Morgan fingerprint density at radius 1 is 0.527 bits per heavy atom. The Kier molecular flexibility index (Phi) is 53.0. The summed E-state index contributed by atoms with van der Waals surface area (Å²) in [5.74, 6) is -5.43. The van der Waals surface area contributed by atoms with Gasteiger partial charge < -0.3 is 125 Å². The number of amides is 5. The van der Waals surface area contributed by atoms with Crippen molar-refractivity contribution >= 4 is 46.1 Å². The maximum atomic E-state index is 13.8. The number of fused-ring (bicyclic) bond motifs is 1. The van der Waals surface area contributed by atoms with Crippen LogP contribution in [0.5, 0.6) is 0 Å². The van der Waals surface area contributed by atoms with Crippen LogP contribution in [-0.2, 0) is 114 Å². The van der Waals surface area contributed by atoms with Crippen LogP contribution in [0.25, 0.3) is 10.9 Å². The molecule has 0 saturated carbocycles. The standard InChI is InChI=1S/C74H117F2N9O25/c1-83(62-5-6-67-65(54-62)64(7-10-79-67)72(89)82-59-70(88)85-60-74(75,76)56-63(85)57-77)13-11-80-68(86)8-14-91-16-18-93-20-22-95-24-26-97-28-30-99-32-34-101-36-38-103-40-42-105-44-46-107-48-50-109-52-53-110-51-49-108-47-45-106-43-41-104-39-37-102-35-33-100-31-29-98-27-25-96-23-21-94-19-17-92-15-12-81-73(90)66-55-69(87)84(2)71(66)61-4-3-9-78-58-61/h3-7,9-10,54,58,63,66,71H,8,11-53,55-56,59-60H2,1-2H3,(H,80,86)(H,81,90)(H,82,89)/t63-,66-,71+/m0/s1. The number of carbonyl (C=O) groups is 5. The van der Waals surface area contributed by atoms with Crippen LogP contribution in [-0.4, -0.2) is 372 Å². The highest BCUT2D eigenvalue weighted by molar-refractivity contribution is 6.07. The second kappa shape index (κ2) is 62.0. The lowest BCUT2D eigenvalue weighted by atomic mass is 9.94. The molecule has 2 aliphatic heterocycles. The van der Waals surface area contributed by atoms with Gasteiger partial charge in [-0.2, -0.15) is 5.26 Å². The number of hydrogen-bond acceptors (Lipinski definition) is 29. The van der Waals surface area contributed by atoms with Gasteiger partial charge in [-0.25, -0.2) is 8.78 Å². The molecule has 36 heteroatoms. The fourth-order valence-corrected chi connectivity index (χ4v) is 10.6. The van der Waals surface area contributed by atoms with E-state index in [4.69, 9.17) is 94.7 Å². The smallest absolute Gasteiger partial charge is 0.268 e. The highest BCUT2D eigenvalue weighted by Gasteiger charge is 2.47. The Bertz CT molecular complexity index is 2940. The van der Waals surface area contributed by atoms with E-state index in [1.54, 1.807) is 48.6 Å². The van der Waals surface area contributed by atoms with E-state index in [0.717, 1.165) is 16.2 Å². The maximum Gasteiger partial charge on any atom is 0.268 e. The molecular formula is C74H117F2N9O25. The third-order valence-corrected chi connectivity index (χ3v) is 16.4. The molecule has 5 rings (SSSR count). The third kappa shape index (κ3) is 43.5. The number of nitrogens with one attached hydrogen (secondary N) is 3. The van der Waals surface area contributed by atoms with Crippen LogP contribution in [0.2, 0.25) is 0 Å². The molecule has 3 atom stereocenters. The molecule has 0 bridgehead atoms. The quantitative estimate of drug-likeness (QED) is 0.0677. The van der Waals surface area contributed by atoms with Gasteiger partial charge in [-0.3, -0.25) is 33.9 Å². The summed E-state index contributed by atoms with van der Waals surface area (Å²) in [6.45, 7) is 17.0. The predicted molar refractivity (Wildman–Crippen MR) is 393 cm³/mol. The lowest BCUT2D eigenvalue weighted by molar-refractivity contribution is -0.131. The normalized spacial score (nSPS) is 15.4. The highest BCUT2D eigenvalue weighted by atomic mass is 19.3. The topological polar surface area (TPSA) is 365 Å². The first-order valence-electron chi connectivity index (χ1n) is 37.6. The van der Waals surface area contributed by atoms with E-state index >= 15 is 0 Å².